The van der Waals surface area contributed by atoms with E-state index in [9.17, 15) is 9.59 Å². The third kappa shape index (κ3) is 6.67. The van der Waals surface area contributed by atoms with Crippen molar-refractivity contribution >= 4 is 17.5 Å². The van der Waals surface area contributed by atoms with Crippen molar-refractivity contribution in [3.63, 3.8) is 0 Å². The first-order valence-corrected chi connectivity index (χ1v) is 12.1. The van der Waals surface area contributed by atoms with Crippen LogP contribution in [0.3, 0.4) is 0 Å². The maximum absolute atomic E-state index is 14.0. The van der Waals surface area contributed by atoms with E-state index in [0.717, 1.165) is 36.5 Å². The Hall–Kier alpha value is -3.19. The van der Waals surface area contributed by atoms with Crippen molar-refractivity contribution in [1.29, 1.82) is 0 Å². The molecule has 7 nitrogen and oxygen atoms in total. The number of nitrogens with zero attached hydrogens (tertiary/aromatic N) is 3. The molecule has 0 aliphatic carbocycles. The average Bonchev–Trinajstić information content (AvgIpc) is 3.25. The molecule has 0 aromatic heterocycles. The molecule has 2 amide bonds. The van der Waals surface area contributed by atoms with Crippen LogP contribution in [0, 0.1) is 0 Å². The fourth-order valence-electron chi connectivity index (χ4n) is 4.52. The lowest BCUT2D eigenvalue weighted by Crippen LogP contribution is -2.42. The van der Waals surface area contributed by atoms with Gasteiger partial charge in [-0.25, -0.2) is 0 Å². The van der Waals surface area contributed by atoms with E-state index < -0.39 is 5.92 Å². The van der Waals surface area contributed by atoms with Gasteiger partial charge >= 0.3 is 0 Å². The number of oxime groups is 1. The number of rotatable bonds is 11. The van der Waals surface area contributed by atoms with Crippen LogP contribution in [-0.4, -0.2) is 73.2 Å². The molecular formula is C27H36N4O3. The van der Waals surface area contributed by atoms with E-state index in [1.807, 2.05) is 60.7 Å². The number of carbonyl (C=O) groups is 2. The number of benzene rings is 2. The third-order valence-electron chi connectivity index (χ3n) is 6.35. The van der Waals surface area contributed by atoms with Crippen LogP contribution in [0.5, 0.6) is 0 Å². The maximum atomic E-state index is 14.0. The molecule has 1 aliphatic rings. The highest BCUT2D eigenvalue weighted by Gasteiger charge is 2.38. The molecule has 1 N–H and O–H groups in total. The van der Waals surface area contributed by atoms with Crippen molar-refractivity contribution < 1.29 is 14.4 Å². The van der Waals surface area contributed by atoms with E-state index in [0.29, 0.717) is 19.5 Å². The lowest BCUT2D eigenvalue weighted by Gasteiger charge is -2.29. The van der Waals surface area contributed by atoms with E-state index in [4.69, 9.17) is 4.84 Å². The van der Waals surface area contributed by atoms with Gasteiger partial charge in [0.2, 0.25) is 11.8 Å². The van der Waals surface area contributed by atoms with Crippen LogP contribution in [0.4, 0.5) is 0 Å². The standard InChI is InChI=1S/C27H36N4O3/c1-4-30(5-2)17-16-28-25(32)19-24-18-23(29-34-3)20-31(24)27(33)26(21-12-8-6-9-13-21)22-14-10-7-11-15-22/h6-15,24,26H,4-5,16-20H2,1-3H3,(H,28,32)/t24-/m0/s1. The third-order valence-corrected chi connectivity index (χ3v) is 6.35. The summed E-state index contributed by atoms with van der Waals surface area (Å²) in [5.74, 6) is -0.526. The normalized spacial score (nSPS) is 16.9. The Labute approximate surface area is 202 Å². The van der Waals surface area contributed by atoms with E-state index in [1.165, 1.54) is 7.11 Å². The Kier molecular flexibility index (Phi) is 9.64. The second-order valence-corrected chi connectivity index (χ2v) is 8.50. The quantitative estimate of drug-likeness (QED) is 0.518. The highest BCUT2D eigenvalue weighted by atomic mass is 16.6. The van der Waals surface area contributed by atoms with Crippen molar-refractivity contribution in [2.75, 3.05) is 39.8 Å². The molecule has 1 aliphatic heterocycles. The Balaban J connectivity index is 1.78. The molecule has 0 bridgehead atoms. The molecule has 0 unspecified atom stereocenters. The van der Waals surface area contributed by atoms with Gasteiger partial charge in [-0.1, -0.05) is 79.7 Å². The van der Waals surface area contributed by atoms with Gasteiger partial charge in [0.05, 0.1) is 18.2 Å². The average molecular weight is 465 g/mol. The molecule has 1 saturated heterocycles. The van der Waals surface area contributed by atoms with Gasteiger partial charge in [0.25, 0.3) is 0 Å². The zero-order valence-electron chi connectivity index (χ0n) is 20.4. The second-order valence-electron chi connectivity index (χ2n) is 8.50. The van der Waals surface area contributed by atoms with E-state index >= 15 is 0 Å². The second kappa shape index (κ2) is 12.9. The number of nitrogens with one attached hydrogen (secondary N) is 1. The molecule has 2 aromatic rings. The molecule has 2 aromatic carbocycles. The number of amides is 2. The molecule has 0 radical (unpaired) electrons. The van der Waals surface area contributed by atoms with Gasteiger partial charge < -0.3 is 20.0 Å². The molecule has 0 saturated carbocycles. The van der Waals surface area contributed by atoms with Crippen molar-refractivity contribution in [1.82, 2.24) is 15.1 Å². The summed E-state index contributed by atoms with van der Waals surface area (Å²) < 4.78 is 0. The number of hydrogen-bond acceptors (Lipinski definition) is 5. The molecule has 0 spiro atoms. The van der Waals surface area contributed by atoms with Crippen molar-refractivity contribution in [3.05, 3.63) is 71.8 Å². The summed E-state index contributed by atoms with van der Waals surface area (Å²) in [5, 5.41) is 7.13. The number of likely N-dealkylation sites (N-methyl/N-ethyl adjacent to an activating group) is 1. The first-order chi connectivity index (χ1) is 16.6. The summed E-state index contributed by atoms with van der Waals surface area (Å²) in [6.07, 6.45) is 0.766. The van der Waals surface area contributed by atoms with Crippen LogP contribution in [0.2, 0.25) is 0 Å². The van der Waals surface area contributed by atoms with Gasteiger partial charge in [0, 0.05) is 32.0 Å². The molecule has 1 heterocycles. The molecule has 182 valence electrons. The van der Waals surface area contributed by atoms with Crippen LogP contribution in [-0.2, 0) is 14.4 Å². The predicted octanol–water partition coefficient (Wildman–Crippen LogP) is 3.27. The van der Waals surface area contributed by atoms with Crippen molar-refractivity contribution in [3.8, 4) is 0 Å². The van der Waals surface area contributed by atoms with E-state index in [2.05, 4.69) is 29.2 Å². The van der Waals surface area contributed by atoms with Gasteiger partial charge in [-0.3, -0.25) is 9.59 Å². The monoisotopic (exact) mass is 464 g/mol. The van der Waals surface area contributed by atoms with Gasteiger partial charge in [-0.05, 0) is 24.2 Å². The highest BCUT2D eigenvalue weighted by Crippen LogP contribution is 2.30. The van der Waals surface area contributed by atoms with Gasteiger partial charge in [-0.15, -0.1) is 0 Å². The molecule has 34 heavy (non-hydrogen) atoms. The van der Waals surface area contributed by atoms with Gasteiger partial charge in [0.15, 0.2) is 0 Å². The lowest BCUT2D eigenvalue weighted by molar-refractivity contribution is -0.133. The van der Waals surface area contributed by atoms with Crippen LogP contribution in [0.15, 0.2) is 65.8 Å². The van der Waals surface area contributed by atoms with E-state index in [1.54, 1.807) is 4.90 Å². The largest absolute Gasteiger partial charge is 0.399 e. The lowest BCUT2D eigenvalue weighted by atomic mass is 9.89. The summed E-state index contributed by atoms with van der Waals surface area (Å²) in [6, 6.07) is 19.3. The number of hydrogen-bond donors (Lipinski definition) is 1. The van der Waals surface area contributed by atoms with Crippen molar-refractivity contribution in [2.45, 2.75) is 38.6 Å². The first-order valence-electron chi connectivity index (χ1n) is 12.1. The minimum atomic E-state index is -0.447. The number of carbonyl (C=O) groups excluding carboxylic acids is 2. The molecule has 1 fully saturated rings. The summed E-state index contributed by atoms with van der Waals surface area (Å²) in [5.41, 5.74) is 2.63. The first kappa shape index (κ1) is 25.4. The van der Waals surface area contributed by atoms with Crippen LogP contribution in [0.1, 0.15) is 43.7 Å². The summed E-state index contributed by atoms with van der Waals surface area (Å²) in [4.78, 5) is 35.8. The Morgan fingerprint density at radius 2 is 1.65 bits per heavy atom. The topological polar surface area (TPSA) is 74.2 Å². The molecular weight excluding hydrogens is 428 g/mol. The predicted molar refractivity (Wildman–Crippen MR) is 135 cm³/mol. The van der Waals surface area contributed by atoms with Crippen LogP contribution < -0.4 is 5.32 Å². The van der Waals surface area contributed by atoms with Gasteiger partial charge in [-0.2, -0.15) is 0 Å². The highest BCUT2D eigenvalue weighted by molar-refractivity contribution is 5.97. The SMILES string of the molecule is CCN(CC)CCNC(=O)C[C@@H]1CC(=NOC)CN1C(=O)C(c1ccccc1)c1ccccc1. The Morgan fingerprint density at radius 3 is 2.18 bits per heavy atom. The van der Waals surface area contributed by atoms with Gasteiger partial charge in [0.1, 0.15) is 7.11 Å². The van der Waals surface area contributed by atoms with Crippen LogP contribution in [0.25, 0.3) is 0 Å². The summed E-state index contributed by atoms with van der Waals surface area (Å²) in [7, 11) is 1.50. The van der Waals surface area contributed by atoms with Crippen LogP contribution >= 0.6 is 0 Å². The summed E-state index contributed by atoms with van der Waals surface area (Å²) in [6.45, 7) is 7.90. The van der Waals surface area contributed by atoms with Crippen molar-refractivity contribution in [2.24, 2.45) is 5.16 Å². The zero-order chi connectivity index (χ0) is 24.3. The maximum Gasteiger partial charge on any atom is 0.235 e. The molecule has 3 rings (SSSR count). The minimum absolute atomic E-state index is 0.0281. The number of likely N-dealkylation sites (tertiary alicyclic amines) is 1. The molecule has 7 heteroatoms. The zero-order valence-corrected chi connectivity index (χ0v) is 20.4. The van der Waals surface area contributed by atoms with E-state index in [-0.39, 0.29) is 24.3 Å². The smallest absolute Gasteiger partial charge is 0.235 e. The fraction of sp³-hybridized carbons (Fsp3) is 0.444. The summed E-state index contributed by atoms with van der Waals surface area (Å²) >= 11 is 0. The Bertz CT molecular complexity index is 905. The Morgan fingerprint density at radius 1 is 1.06 bits per heavy atom. The molecule has 1 atom stereocenters. The minimum Gasteiger partial charge on any atom is -0.399 e. The fourth-order valence-corrected chi connectivity index (χ4v) is 4.52.